The molecule has 0 aromatic heterocycles. The number of nitrogens with one attached hydrogen (secondary N) is 2. The lowest BCUT2D eigenvalue weighted by molar-refractivity contribution is 0.0274. The molecule has 11 heteroatoms. The standard InChI is InChI=1S/C12H12Cl5N3O3/c1-18-11(22)23-9(12(15,16)17)20(2)10(21)19-6-3-4-7(13)8(14)5-6/h3-5,9H,1-2H3,(H,18,22)(H,19,21). The third-order valence-electron chi connectivity index (χ3n) is 2.55. The summed E-state index contributed by atoms with van der Waals surface area (Å²) >= 11 is 28.9. The first-order valence-electron chi connectivity index (χ1n) is 6.00. The molecule has 23 heavy (non-hydrogen) atoms. The number of benzene rings is 1. The van der Waals surface area contributed by atoms with Crippen molar-refractivity contribution in [1.29, 1.82) is 0 Å². The van der Waals surface area contributed by atoms with Crippen molar-refractivity contribution in [3.63, 3.8) is 0 Å². The summed E-state index contributed by atoms with van der Waals surface area (Å²) in [5.41, 5.74) is 0.360. The number of alkyl halides is 3. The Balaban J connectivity index is 2.89. The van der Waals surface area contributed by atoms with Gasteiger partial charge in [-0.2, -0.15) is 0 Å². The molecule has 0 saturated heterocycles. The maximum Gasteiger partial charge on any atom is 0.408 e. The second kappa shape index (κ2) is 8.35. The highest BCUT2D eigenvalue weighted by molar-refractivity contribution is 6.68. The van der Waals surface area contributed by atoms with E-state index in [0.717, 1.165) is 4.90 Å². The summed E-state index contributed by atoms with van der Waals surface area (Å²) in [4.78, 5) is 24.5. The number of anilines is 1. The number of carbonyl (C=O) groups is 2. The van der Waals surface area contributed by atoms with Crippen LogP contribution in [0.25, 0.3) is 0 Å². The summed E-state index contributed by atoms with van der Waals surface area (Å²) in [5, 5.41) is 5.30. The summed E-state index contributed by atoms with van der Waals surface area (Å²) in [6.07, 6.45) is -2.33. The molecule has 1 aromatic carbocycles. The van der Waals surface area contributed by atoms with Gasteiger partial charge in [-0.3, -0.25) is 4.90 Å². The maximum absolute atomic E-state index is 12.2. The van der Waals surface area contributed by atoms with Gasteiger partial charge in [-0.05, 0) is 18.2 Å². The van der Waals surface area contributed by atoms with Gasteiger partial charge in [-0.25, -0.2) is 9.59 Å². The molecule has 0 spiro atoms. The smallest absolute Gasteiger partial charge is 0.408 e. The third-order valence-corrected chi connectivity index (χ3v) is 3.84. The fraction of sp³-hybridized carbons (Fsp3) is 0.333. The molecule has 1 unspecified atom stereocenters. The van der Waals surface area contributed by atoms with Crippen LogP contribution in [0.2, 0.25) is 10.0 Å². The normalized spacial score (nSPS) is 12.3. The summed E-state index contributed by atoms with van der Waals surface area (Å²) in [6.45, 7) is 0. The van der Waals surface area contributed by atoms with E-state index in [2.05, 4.69) is 10.6 Å². The van der Waals surface area contributed by atoms with E-state index in [1.165, 1.54) is 32.3 Å². The van der Waals surface area contributed by atoms with E-state index in [4.69, 9.17) is 62.7 Å². The van der Waals surface area contributed by atoms with Crippen molar-refractivity contribution in [2.45, 2.75) is 10.0 Å². The molecule has 0 bridgehead atoms. The molecule has 3 amide bonds. The fourth-order valence-corrected chi connectivity index (χ4v) is 2.29. The van der Waals surface area contributed by atoms with E-state index >= 15 is 0 Å². The lowest BCUT2D eigenvalue weighted by Crippen LogP contribution is -2.50. The number of carbonyl (C=O) groups excluding carboxylic acids is 2. The van der Waals surface area contributed by atoms with E-state index in [9.17, 15) is 9.59 Å². The Hall–Kier alpha value is -0.790. The lowest BCUT2D eigenvalue weighted by atomic mass is 10.3. The minimum atomic E-state index is -2.06. The number of alkyl carbamates (subject to hydrolysis) is 1. The molecule has 1 atom stereocenters. The number of urea groups is 1. The van der Waals surface area contributed by atoms with Crippen molar-refractivity contribution in [3.8, 4) is 0 Å². The molecule has 0 radical (unpaired) electrons. The number of hydrogen-bond acceptors (Lipinski definition) is 3. The number of hydrogen-bond donors (Lipinski definition) is 2. The van der Waals surface area contributed by atoms with Crippen molar-refractivity contribution in [2.75, 3.05) is 19.4 Å². The minimum Gasteiger partial charge on any atom is -0.421 e. The van der Waals surface area contributed by atoms with E-state index in [1.807, 2.05) is 0 Å². The van der Waals surface area contributed by atoms with E-state index in [-0.39, 0.29) is 5.02 Å². The molecule has 0 saturated carbocycles. The predicted molar refractivity (Wildman–Crippen MR) is 92.9 cm³/mol. The number of rotatable bonds is 3. The molecular weight excluding hydrogens is 411 g/mol. The Kier molecular flexibility index (Phi) is 7.35. The number of amides is 3. The van der Waals surface area contributed by atoms with Gasteiger partial charge in [0.1, 0.15) is 0 Å². The highest BCUT2D eigenvalue weighted by Crippen LogP contribution is 2.34. The van der Waals surface area contributed by atoms with Crippen molar-refractivity contribution in [2.24, 2.45) is 0 Å². The monoisotopic (exact) mass is 421 g/mol. The highest BCUT2D eigenvalue weighted by Gasteiger charge is 2.41. The lowest BCUT2D eigenvalue weighted by Gasteiger charge is -2.32. The van der Waals surface area contributed by atoms with Gasteiger partial charge in [-0.15, -0.1) is 0 Å². The van der Waals surface area contributed by atoms with Gasteiger partial charge in [0.15, 0.2) is 0 Å². The first-order valence-corrected chi connectivity index (χ1v) is 7.89. The number of ether oxygens (including phenoxy) is 1. The molecule has 1 aromatic rings. The Labute approximate surface area is 157 Å². The van der Waals surface area contributed by atoms with Crippen LogP contribution in [0, 0.1) is 0 Å². The molecule has 128 valence electrons. The number of nitrogens with zero attached hydrogens (tertiary/aromatic N) is 1. The topological polar surface area (TPSA) is 70.7 Å². The van der Waals surface area contributed by atoms with Gasteiger partial charge in [-0.1, -0.05) is 58.0 Å². The van der Waals surface area contributed by atoms with Crippen molar-refractivity contribution >= 4 is 75.8 Å². The summed E-state index contributed by atoms with van der Waals surface area (Å²) in [5.74, 6) is 0. The van der Waals surface area contributed by atoms with Crippen LogP contribution in [0.3, 0.4) is 0 Å². The summed E-state index contributed by atoms with van der Waals surface area (Å²) in [6, 6.07) is 3.79. The molecule has 1 rings (SSSR count). The molecule has 0 heterocycles. The third kappa shape index (κ3) is 5.97. The van der Waals surface area contributed by atoms with Crippen LogP contribution in [0.15, 0.2) is 18.2 Å². The van der Waals surface area contributed by atoms with Crippen molar-refractivity contribution in [3.05, 3.63) is 28.2 Å². The zero-order valence-corrected chi connectivity index (χ0v) is 15.7. The van der Waals surface area contributed by atoms with Gasteiger partial charge >= 0.3 is 12.1 Å². The van der Waals surface area contributed by atoms with Crippen LogP contribution < -0.4 is 10.6 Å². The van der Waals surface area contributed by atoms with Gasteiger partial charge in [0, 0.05) is 19.8 Å². The fourth-order valence-electron chi connectivity index (χ4n) is 1.42. The first kappa shape index (κ1) is 20.3. The molecule has 0 fully saturated rings. The highest BCUT2D eigenvalue weighted by atomic mass is 35.6. The molecule has 2 N–H and O–H groups in total. The van der Waals surface area contributed by atoms with Crippen molar-refractivity contribution in [1.82, 2.24) is 10.2 Å². The van der Waals surface area contributed by atoms with E-state index < -0.39 is 22.1 Å². The van der Waals surface area contributed by atoms with Crippen LogP contribution in [0.5, 0.6) is 0 Å². The molecule has 0 aliphatic rings. The Bertz CT molecular complexity index is 594. The van der Waals surface area contributed by atoms with Crippen LogP contribution >= 0.6 is 58.0 Å². The average molecular weight is 424 g/mol. The zero-order valence-electron chi connectivity index (χ0n) is 11.9. The van der Waals surface area contributed by atoms with E-state index in [0.29, 0.717) is 10.7 Å². The summed E-state index contributed by atoms with van der Waals surface area (Å²) < 4.78 is 2.84. The second-order valence-corrected chi connectivity index (χ2v) is 7.40. The Morgan fingerprint density at radius 2 is 1.83 bits per heavy atom. The van der Waals surface area contributed by atoms with Crippen LogP contribution in [-0.2, 0) is 4.74 Å². The number of halogens is 5. The first-order chi connectivity index (χ1) is 10.6. The van der Waals surface area contributed by atoms with Gasteiger partial charge in [0.2, 0.25) is 10.0 Å². The molecular formula is C12H12Cl5N3O3. The molecule has 6 nitrogen and oxygen atoms in total. The average Bonchev–Trinajstić information content (AvgIpc) is 2.46. The van der Waals surface area contributed by atoms with Crippen LogP contribution in [0.4, 0.5) is 15.3 Å². The molecule has 0 aliphatic carbocycles. The predicted octanol–water partition coefficient (Wildman–Crippen LogP) is 4.51. The SMILES string of the molecule is CNC(=O)OC(N(C)C(=O)Nc1ccc(Cl)c(Cl)c1)C(Cl)(Cl)Cl. The quantitative estimate of drug-likeness (QED) is 0.555. The zero-order chi connectivity index (χ0) is 17.8. The molecule has 0 aliphatic heterocycles. The second-order valence-electron chi connectivity index (χ2n) is 4.22. The van der Waals surface area contributed by atoms with Gasteiger partial charge in [0.05, 0.1) is 10.0 Å². The van der Waals surface area contributed by atoms with Crippen molar-refractivity contribution < 1.29 is 14.3 Å². The summed E-state index contributed by atoms with van der Waals surface area (Å²) in [7, 11) is 2.62. The van der Waals surface area contributed by atoms with Crippen LogP contribution in [-0.4, -0.2) is 41.1 Å². The van der Waals surface area contributed by atoms with E-state index in [1.54, 1.807) is 0 Å². The van der Waals surface area contributed by atoms with Gasteiger partial charge in [0.25, 0.3) is 0 Å². The minimum absolute atomic E-state index is 0.256. The largest absolute Gasteiger partial charge is 0.421 e. The Morgan fingerprint density at radius 1 is 1.22 bits per heavy atom. The maximum atomic E-state index is 12.2. The van der Waals surface area contributed by atoms with Crippen LogP contribution in [0.1, 0.15) is 0 Å². The van der Waals surface area contributed by atoms with Gasteiger partial charge < -0.3 is 15.4 Å². The Morgan fingerprint density at radius 3 is 2.30 bits per heavy atom.